The van der Waals surface area contributed by atoms with Crippen molar-refractivity contribution in [3.63, 3.8) is 0 Å². The molecule has 0 saturated carbocycles. The van der Waals surface area contributed by atoms with Gasteiger partial charge in [-0.2, -0.15) is 0 Å². The van der Waals surface area contributed by atoms with E-state index in [0.29, 0.717) is 17.7 Å². The van der Waals surface area contributed by atoms with E-state index in [-0.39, 0.29) is 11.1 Å². The number of aromatic nitrogens is 2. The number of rotatable bonds is 4. The van der Waals surface area contributed by atoms with Gasteiger partial charge in [-0.3, -0.25) is 0 Å². The highest BCUT2D eigenvalue weighted by molar-refractivity contribution is 6.02. The van der Waals surface area contributed by atoms with E-state index in [2.05, 4.69) is 36.3 Å². The molecule has 0 spiro atoms. The zero-order valence-corrected chi connectivity index (χ0v) is 12.0. The van der Waals surface area contributed by atoms with Crippen molar-refractivity contribution in [3.05, 3.63) is 30.0 Å². The summed E-state index contributed by atoms with van der Waals surface area (Å²) in [6.07, 6.45) is 0.933. The molecule has 2 aromatic rings. The Labute approximate surface area is 118 Å². The predicted octanol–water partition coefficient (Wildman–Crippen LogP) is 3.18. The van der Waals surface area contributed by atoms with Crippen LogP contribution in [0.4, 0.5) is 5.69 Å². The molecular formula is C15H19N3O2. The molecule has 1 heterocycles. The number of hydrogen-bond donors (Lipinski definition) is 2. The molecule has 2 N–H and O–H groups in total. The van der Waals surface area contributed by atoms with Gasteiger partial charge in [0, 0.05) is 11.9 Å². The highest BCUT2D eigenvalue weighted by Gasteiger charge is 2.17. The average Bonchev–Trinajstić information content (AvgIpc) is 2.37. The number of carboxylic acid groups (broad SMARTS) is 1. The average molecular weight is 273 g/mol. The van der Waals surface area contributed by atoms with Crippen LogP contribution in [0, 0.1) is 5.41 Å². The molecule has 0 atom stereocenters. The Kier molecular flexibility index (Phi) is 3.88. The van der Waals surface area contributed by atoms with E-state index in [9.17, 15) is 9.90 Å². The van der Waals surface area contributed by atoms with E-state index in [1.54, 1.807) is 0 Å². The number of nitrogens with zero attached hydrogens (tertiary/aromatic N) is 2. The zero-order chi connectivity index (χ0) is 14.8. The lowest BCUT2D eigenvalue weighted by molar-refractivity contribution is 0.0690. The normalized spacial score (nSPS) is 11.6. The van der Waals surface area contributed by atoms with Crippen LogP contribution in [0.15, 0.2) is 24.3 Å². The first-order valence-electron chi connectivity index (χ1n) is 6.61. The lowest BCUT2D eigenvalue weighted by atomic mass is 9.92. The Morgan fingerprint density at radius 2 is 1.95 bits per heavy atom. The maximum absolute atomic E-state index is 11.3. The Morgan fingerprint density at radius 3 is 2.60 bits per heavy atom. The molecule has 0 bridgehead atoms. The minimum atomic E-state index is -1.07. The summed E-state index contributed by atoms with van der Waals surface area (Å²) in [5.41, 5.74) is 1.40. The van der Waals surface area contributed by atoms with Crippen molar-refractivity contribution in [3.8, 4) is 0 Å². The standard InChI is InChI=1S/C15H19N3O2/c1-15(2,3)8-9-16-12-10-6-4-5-7-11(10)17-18-13(12)14(19)20/h4-7H,8-9H2,1-3H3,(H,16,17)(H,19,20). The van der Waals surface area contributed by atoms with Crippen LogP contribution in [-0.4, -0.2) is 27.8 Å². The summed E-state index contributed by atoms with van der Waals surface area (Å²) in [6.45, 7) is 7.14. The molecule has 0 aliphatic heterocycles. The number of fused-ring (bicyclic) bond motifs is 1. The molecule has 5 nitrogen and oxygen atoms in total. The molecule has 5 heteroatoms. The largest absolute Gasteiger partial charge is 0.476 e. The SMILES string of the molecule is CC(C)(C)CCNc1c(C(=O)O)nnc2ccccc12. The summed E-state index contributed by atoms with van der Waals surface area (Å²) in [5, 5.41) is 21.0. The number of carbonyl (C=O) groups is 1. The molecule has 1 aromatic heterocycles. The fourth-order valence-electron chi connectivity index (χ4n) is 1.94. The van der Waals surface area contributed by atoms with Crippen LogP contribution < -0.4 is 5.32 Å². The summed E-state index contributed by atoms with van der Waals surface area (Å²) in [5.74, 6) is -1.07. The highest BCUT2D eigenvalue weighted by Crippen LogP contribution is 2.25. The Balaban J connectivity index is 2.37. The minimum Gasteiger partial charge on any atom is -0.476 e. The van der Waals surface area contributed by atoms with Gasteiger partial charge in [0.05, 0.1) is 11.2 Å². The van der Waals surface area contributed by atoms with E-state index in [1.165, 1.54) is 0 Å². The second-order valence-corrected chi connectivity index (χ2v) is 5.98. The summed E-state index contributed by atoms with van der Waals surface area (Å²) < 4.78 is 0. The van der Waals surface area contributed by atoms with Gasteiger partial charge in [-0.05, 0) is 17.9 Å². The first kappa shape index (κ1) is 14.2. The van der Waals surface area contributed by atoms with Gasteiger partial charge in [-0.15, -0.1) is 10.2 Å². The number of aromatic carboxylic acids is 1. The molecule has 0 saturated heterocycles. The molecule has 0 aliphatic carbocycles. The van der Waals surface area contributed by atoms with Crippen LogP contribution in [0.3, 0.4) is 0 Å². The van der Waals surface area contributed by atoms with Crippen LogP contribution >= 0.6 is 0 Å². The quantitative estimate of drug-likeness (QED) is 0.894. The summed E-state index contributed by atoms with van der Waals surface area (Å²) in [6, 6.07) is 7.40. The summed E-state index contributed by atoms with van der Waals surface area (Å²) in [4.78, 5) is 11.3. The number of anilines is 1. The van der Waals surface area contributed by atoms with Crippen LogP contribution in [-0.2, 0) is 0 Å². The van der Waals surface area contributed by atoms with Gasteiger partial charge in [0.15, 0.2) is 5.69 Å². The number of carboxylic acids is 1. The third-order valence-electron chi connectivity index (χ3n) is 3.05. The van der Waals surface area contributed by atoms with Crippen molar-refractivity contribution in [1.29, 1.82) is 0 Å². The summed E-state index contributed by atoms with van der Waals surface area (Å²) in [7, 11) is 0. The highest BCUT2D eigenvalue weighted by atomic mass is 16.4. The van der Waals surface area contributed by atoms with Gasteiger partial charge in [0.1, 0.15) is 0 Å². The molecule has 106 valence electrons. The fourth-order valence-corrected chi connectivity index (χ4v) is 1.94. The van der Waals surface area contributed by atoms with Gasteiger partial charge in [0.2, 0.25) is 0 Å². The van der Waals surface area contributed by atoms with Gasteiger partial charge in [0.25, 0.3) is 0 Å². The number of benzene rings is 1. The van der Waals surface area contributed by atoms with Crippen LogP contribution in [0.2, 0.25) is 0 Å². The van der Waals surface area contributed by atoms with Crippen molar-refractivity contribution >= 4 is 22.6 Å². The van der Waals surface area contributed by atoms with Gasteiger partial charge < -0.3 is 10.4 Å². The van der Waals surface area contributed by atoms with Gasteiger partial charge in [-0.1, -0.05) is 39.0 Å². The van der Waals surface area contributed by atoms with E-state index in [4.69, 9.17) is 0 Å². The van der Waals surface area contributed by atoms with E-state index in [1.807, 2.05) is 24.3 Å². The van der Waals surface area contributed by atoms with Crippen molar-refractivity contribution in [2.24, 2.45) is 5.41 Å². The fraction of sp³-hybridized carbons (Fsp3) is 0.400. The molecule has 0 amide bonds. The Morgan fingerprint density at radius 1 is 1.25 bits per heavy atom. The molecule has 1 aromatic carbocycles. The Bertz CT molecular complexity index is 633. The smallest absolute Gasteiger partial charge is 0.358 e. The van der Waals surface area contributed by atoms with Crippen molar-refractivity contribution in [1.82, 2.24) is 10.2 Å². The van der Waals surface area contributed by atoms with Gasteiger partial charge >= 0.3 is 5.97 Å². The first-order valence-corrected chi connectivity index (χ1v) is 6.61. The maximum atomic E-state index is 11.3. The molecule has 20 heavy (non-hydrogen) atoms. The molecule has 0 radical (unpaired) electrons. The van der Waals surface area contributed by atoms with Crippen LogP contribution in [0.1, 0.15) is 37.7 Å². The van der Waals surface area contributed by atoms with Crippen molar-refractivity contribution in [2.75, 3.05) is 11.9 Å². The third kappa shape index (κ3) is 3.23. The van der Waals surface area contributed by atoms with Gasteiger partial charge in [-0.25, -0.2) is 4.79 Å². The van der Waals surface area contributed by atoms with Crippen molar-refractivity contribution < 1.29 is 9.90 Å². The molecular weight excluding hydrogens is 254 g/mol. The zero-order valence-electron chi connectivity index (χ0n) is 12.0. The maximum Gasteiger partial charge on any atom is 0.358 e. The van der Waals surface area contributed by atoms with E-state index >= 15 is 0 Å². The summed E-state index contributed by atoms with van der Waals surface area (Å²) >= 11 is 0. The minimum absolute atomic E-state index is 0.0300. The molecule has 0 unspecified atom stereocenters. The van der Waals surface area contributed by atoms with Crippen molar-refractivity contribution in [2.45, 2.75) is 27.2 Å². The molecule has 0 fully saturated rings. The molecule has 0 aliphatic rings. The topological polar surface area (TPSA) is 75.1 Å². The first-order chi connectivity index (χ1) is 9.38. The third-order valence-corrected chi connectivity index (χ3v) is 3.05. The molecule has 2 rings (SSSR count). The Hall–Kier alpha value is -2.17. The second kappa shape index (κ2) is 5.45. The van der Waals surface area contributed by atoms with E-state index in [0.717, 1.165) is 11.8 Å². The monoisotopic (exact) mass is 273 g/mol. The number of nitrogens with one attached hydrogen (secondary N) is 1. The second-order valence-electron chi connectivity index (χ2n) is 5.98. The van der Waals surface area contributed by atoms with Crippen LogP contribution in [0.25, 0.3) is 10.9 Å². The van der Waals surface area contributed by atoms with Crippen LogP contribution in [0.5, 0.6) is 0 Å². The lowest BCUT2D eigenvalue weighted by Gasteiger charge is -2.19. The lowest BCUT2D eigenvalue weighted by Crippen LogP contribution is -2.16. The number of hydrogen-bond acceptors (Lipinski definition) is 4. The van der Waals surface area contributed by atoms with E-state index < -0.39 is 5.97 Å². The predicted molar refractivity (Wildman–Crippen MR) is 79.1 cm³/mol.